The number of allylic oxidation sites excluding steroid dienone is 1. The van der Waals surface area contributed by atoms with Gasteiger partial charge in [-0.15, -0.1) is 0 Å². The van der Waals surface area contributed by atoms with Gasteiger partial charge in [0.05, 0.1) is 17.7 Å². The lowest BCUT2D eigenvalue weighted by atomic mass is 9.92. The van der Waals surface area contributed by atoms with E-state index >= 15 is 0 Å². The summed E-state index contributed by atoms with van der Waals surface area (Å²) in [5.41, 5.74) is -0.172. The molecular formula is C17H23F3N2O2. The summed E-state index contributed by atoms with van der Waals surface area (Å²) in [6.45, 7) is 5.82. The van der Waals surface area contributed by atoms with E-state index in [9.17, 15) is 13.2 Å². The fraction of sp³-hybridized carbons (Fsp3) is 0.471. The molecule has 0 saturated carbocycles. The molecule has 0 bridgehead atoms. The molecular weight excluding hydrogens is 321 g/mol. The van der Waals surface area contributed by atoms with Gasteiger partial charge in [-0.2, -0.15) is 13.2 Å². The second kappa shape index (κ2) is 8.19. The molecule has 7 heteroatoms. The van der Waals surface area contributed by atoms with Crippen LogP contribution in [-0.4, -0.2) is 26.5 Å². The van der Waals surface area contributed by atoms with Crippen molar-refractivity contribution in [3.05, 3.63) is 41.1 Å². The summed E-state index contributed by atoms with van der Waals surface area (Å²) in [6.07, 6.45) is -1.61. The average molecular weight is 344 g/mol. The first-order chi connectivity index (χ1) is 11.1. The second-order valence-electron chi connectivity index (χ2n) is 5.85. The topological polar surface area (TPSA) is 54.3 Å². The van der Waals surface area contributed by atoms with Crippen LogP contribution >= 0.6 is 0 Å². The Kier molecular flexibility index (Phi) is 6.83. The van der Waals surface area contributed by atoms with Gasteiger partial charge < -0.3 is 20.2 Å². The van der Waals surface area contributed by atoms with E-state index < -0.39 is 17.3 Å². The molecule has 2 N–H and O–H groups in total. The molecule has 0 unspecified atom stereocenters. The summed E-state index contributed by atoms with van der Waals surface area (Å²) in [6, 6.07) is 3.45. The van der Waals surface area contributed by atoms with E-state index in [0.29, 0.717) is 11.1 Å². The summed E-state index contributed by atoms with van der Waals surface area (Å²) >= 11 is 0. The number of rotatable bonds is 8. The summed E-state index contributed by atoms with van der Waals surface area (Å²) < 4.78 is 49.2. The maximum atomic E-state index is 13.0. The summed E-state index contributed by atoms with van der Waals surface area (Å²) in [7, 11) is 1.49. The first-order valence-corrected chi connectivity index (χ1v) is 7.40. The van der Waals surface area contributed by atoms with Crippen LogP contribution in [0.4, 0.5) is 13.2 Å². The molecule has 1 aromatic carbocycles. The van der Waals surface area contributed by atoms with Crippen molar-refractivity contribution < 1.29 is 22.6 Å². The Bertz CT molecular complexity index is 596. The maximum Gasteiger partial charge on any atom is 0.416 e. The highest BCUT2D eigenvalue weighted by Crippen LogP contribution is 2.36. The molecule has 0 amide bonds. The molecule has 1 rings (SSSR count). The number of nitrogens with one attached hydrogen (secondary N) is 2. The van der Waals surface area contributed by atoms with Gasteiger partial charge in [-0.05, 0) is 38.5 Å². The molecule has 0 radical (unpaired) electrons. The molecule has 0 saturated heterocycles. The van der Waals surface area contributed by atoms with Crippen LogP contribution in [0.5, 0.6) is 5.75 Å². The van der Waals surface area contributed by atoms with Crippen molar-refractivity contribution >= 4 is 6.21 Å². The van der Waals surface area contributed by atoms with E-state index in [2.05, 4.69) is 5.32 Å². The SMILES string of the molecule is COCCOc1cc(C(F)(F)F)ccc1C(C)(C)N/C=C(/C)C=N. The number of hydrogen-bond donors (Lipinski definition) is 2. The smallest absolute Gasteiger partial charge is 0.416 e. The summed E-state index contributed by atoms with van der Waals surface area (Å²) in [5, 5.41) is 10.3. The van der Waals surface area contributed by atoms with E-state index in [4.69, 9.17) is 14.9 Å². The van der Waals surface area contributed by atoms with Crippen LogP contribution in [0.2, 0.25) is 0 Å². The van der Waals surface area contributed by atoms with Gasteiger partial charge in [-0.3, -0.25) is 0 Å². The Morgan fingerprint density at radius 2 is 1.92 bits per heavy atom. The van der Waals surface area contributed by atoms with Gasteiger partial charge in [0.15, 0.2) is 0 Å². The zero-order chi connectivity index (χ0) is 18.4. The third kappa shape index (κ3) is 5.56. The highest BCUT2D eigenvalue weighted by atomic mass is 19.4. The van der Waals surface area contributed by atoms with Gasteiger partial charge in [-0.25, -0.2) is 0 Å². The second-order valence-corrected chi connectivity index (χ2v) is 5.85. The van der Waals surface area contributed by atoms with Gasteiger partial charge in [0.1, 0.15) is 12.4 Å². The van der Waals surface area contributed by atoms with Gasteiger partial charge in [0.25, 0.3) is 0 Å². The zero-order valence-electron chi connectivity index (χ0n) is 14.3. The third-order valence-electron chi connectivity index (χ3n) is 3.42. The minimum atomic E-state index is -4.44. The summed E-state index contributed by atoms with van der Waals surface area (Å²) in [5.74, 6) is 0.153. The molecule has 1 aromatic rings. The van der Waals surface area contributed by atoms with Crippen molar-refractivity contribution in [2.45, 2.75) is 32.5 Å². The van der Waals surface area contributed by atoms with Crippen molar-refractivity contribution in [3.63, 3.8) is 0 Å². The molecule has 0 fully saturated rings. The van der Waals surface area contributed by atoms with Crippen molar-refractivity contribution in [3.8, 4) is 5.75 Å². The first-order valence-electron chi connectivity index (χ1n) is 7.40. The van der Waals surface area contributed by atoms with Crippen LogP contribution in [0.3, 0.4) is 0 Å². The Balaban J connectivity index is 3.21. The van der Waals surface area contributed by atoms with Crippen LogP contribution < -0.4 is 10.1 Å². The number of halogens is 3. The number of hydrogen-bond acceptors (Lipinski definition) is 4. The van der Waals surface area contributed by atoms with Gasteiger partial charge in [0.2, 0.25) is 0 Å². The molecule has 0 aromatic heterocycles. The maximum absolute atomic E-state index is 13.0. The normalized spacial score (nSPS) is 12.9. The Morgan fingerprint density at radius 3 is 2.46 bits per heavy atom. The van der Waals surface area contributed by atoms with E-state index in [0.717, 1.165) is 12.1 Å². The molecule has 24 heavy (non-hydrogen) atoms. The Labute approximate surface area is 140 Å². The number of benzene rings is 1. The first kappa shape index (κ1) is 20.0. The molecule has 4 nitrogen and oxygen atoms in total. The predicted molar refractivity (Wildman–Crippen MR) is 87.5 cm³/mol. The molecule has 0 aliphatic rings. The molecule has 0 spiro atoms. The quantitative estimate of drug-likeness (QED) is 0.551. The lowest BCUT2D eigenvalue weighted by molar-refractivity contribution is -0.137. The largest absolute Gasteiger partial charge is 0.491 e. The molecule has 0 atom stereocenters. The fourth-order valence-electron chi connectivity index (χ4n) is 1.98. The van der Waals surface area contributed by atoms with Crippen molar-refractivity contribution in [1.29, 1.82) is 5.41 Å². The molecule has 0 heterocycles. The van der Waals surface area contributed by atoms with Gasteiger partial charge in [-0.1, -0.05) is 6.07 Å². The van der Waals surface area contributed by atoms with Gasteiger partial charge >= 0.3 is 6.18 Å². The van der Waals surface area contributed by atoms with Gasteiger partial charge in [0, 0.05) is 25.1 Å². The van der Waals surface area contributed by atoms with E-state index in [-0.39, 0.29) is 19.0 Å². The van der Waals surface area contributed by atoms with E-state index in [1.807, 2.05) is 13.8 Å². The molecule has 0 aliphatic heterocycles. The number of methoxy groups -OCH3 is 1. The lowest BCUT2D eigenvalue weighted by Gasteiger charge is -2.29. The van der Waals surface area contributed by atoms with Crippen molar-refractivity contribution in [2.75, 3.05) is 20.3 Å². The van der Waals surface area contributed by atoms with Crippen LogP contribution in [0.15, 0.2) is 30.0 Å². The standard InChI is InChI=1S/C17H23F3N2O2/c1-12(10-21)11-22-16(2,3)14-6-5-13(17(18,19)20)9-15(14)24-8-7-23-4/h5-6,9-11,21-22H,7-8H2,1-4H3/b12-11-,21-10?. The Hall–Kier alpha value is -2.02. The van der Waals surface area contributed by atoms with Crippen molar-refractivity contribution in [1.82, 2.24) is 5.32 Å². The molecule has 134 valence electrons. The van der Waals surface area contributed by atoms with Crippen LogP contribution in [0, 0.1) is 5.41 Å². The predicted octanol–water partition coefficient (Wildman–Crippen LogP) is 4.11. The Morgan fingerprint density at radius 1 is 1.25 bits per heavy atom. The van der Waals surface area contributed by atoms with Crippen molar-refractivity contribution in [2.24, 2.45) is 0 Å². The van der Waals surface area contributed by atoms with E-state index in [1.54, 1.807) is 13.1 Å². The average Bonchev–Trinajstić information content (AvgIpc) is 2.51. The monoisotopic (exact) mass is 344 g/mol. The minimum absolute atomic E-state index is 0.149. The molecule has 0 aliphatic carbocycles. The number of ether oxygens (including phenoxy) is 2. The zero-order valence-corrected chi connectivity index (χ0v) is 14.3. The minimum Gasteiger partial charge on any atom is -0.491 e. The van der Waals surface area contributed by atoms with E-state index in [1.165, 1.54) is 19.4 Å². The highest BCUT2D eigenvalue weighted by molar-refractivity contribution is 5.74. The summed E-state index contributed by atoms with van der Waals surface area (Å²) in [4.78, 5) is 0. The highest BCUT2D eigenvalue weighted by Gasteiger charge is 2.33. The van der Waals surface area contributed by atoms with Crippen LogP contribution in [0.1, 0.15) is 31.9 Å². The van der Waals surface area contributed by atoms with Crippen LogP contribution in [0.25, 0.3) is 0 Å². The fourth-order valence-corrected chi connectivity index (χ4v) is 1.98. The van der Waals surface area contributed by atoms with Crippen LogP contribution in [-0.2, 0) is 16.5 Å². The third-order valence-corrected chi connectivity index (χ3v) is 3.42. The lowest BCUT2D eigenvalue weighted by Crippen LogP contribution is -2.33. The number of alkyl halides is 3.